The molecule has 5 nitrogen and oxygen atoms in total. The van der Waals surface area contributed by atoms with Crippen LogP contribution >= 0.6 is 0 Å². The highest BCUT2D eigenvalue weighted by atomic mass is 16.5. The maximum Gasteiger partial charge on any atom is 0.328 e. The number of carbonyl (C=O) groups excluding carboxylic acids is 2. The molecule has 0 heterocycles. The first-order valence-corrected chi connectivity index (χ1v) is 10.4. The molecule has 1 atom stereocenters. The highest BCUT2D eigenvalue weighted by molar-refractivity contribution is 5.85. The highest BCUT2D eigenvalue weighted by Gasteiger charge is 2.33. The Balaban J connectivity index is 2.31. The molecule has 0 unspecified atom stereocenters. The Labute approximate surface area is 179 Å². The summed E-state index contributed by atoms with van der Waals surface area (Å²) in [7, 11) is 1.36. The van der Waals surface area contributed by atoms with E-state index in [1.165, 1.54) is 7.11 Å². The van der Waals surface area contributed by atoms with E-state index in [0.29, 0.717) is 18.7 Å². The average Bonchev–Trinajstić information content (AvgIpc) is 2.77. The first-order valence-electron chi connectivity index (χ1n) is 10.4. The minimum Gasteiger partial charge on any atom is -0.467 e. The Morgan fingerprint density at radius 1 is 1.10 bits per heavy atom. The van der Waals surface area contributed by atoms with Crippen LogP contribution in [0.25, 0.3) is 16.0 Å². The van der Waals surface area contributed by atoms with Gasteiger partial charge in [0.15, 0.2) is 5.69 Å². The van der Waals surface area contributed by atoms with Gasteiger partial charge in [0.2, 0.25) is 5.91 Å². The van der Waals surface area contributed by atoms with Gasteiger partial charge in [0.1, 0.15) is 6.04 Å². The Bertz CT molecular complexity index is 897. The number of benzene rings is 2. The summed E-state index contributed by atoms with van der Waals surface area (Å²) in [6, 6.07) is 14.7. The summed E-state index contributed by atoms with van der Waals surface area (Å²) in [5.74, 6) is -0.492. The SMILES string of the molecule is [C-]#[N+]c1ccccc1-c1ccc(CN(C(=O)CCCC)[C@H](C(=O)OC)C(C)C)cc1. The second-order valence-electron chi connectivity index (χ2n) is 7.66. The van der Waals surface area contributed by atoms with Crippen molar-refractivity contribution in [2.75, 3.05) is 7.11 Å². The molecule has 0 fully saturated rings. The van der Waals surface area contributed by atoms with Crippen LogP contribution in [0.3, 0.4) is 0 Å². The number of carbonyl (C=O) groups is 2. The normalized spacial score (nSPS) is 11.6. The monoisotopic (exact) mass is 406 g/mol. The van der Waals surface area contributed by atoms with E-state index in [4.69, 9.17) is 11.3 Å². The van der Waals surface area contributed by atoms with E-state index in [1.807, 2.05) is 63.2 Å². The molecule has 5 heteroatoms. The van der Waals surface area contributed by atoms with Crippen molar-refractivity contribution in [2.45, 2.75) is 52.6 Å². The van der Waals surface area contributed by atoms with Gasteiger partial charge in [0.05, 0.1) is 13.7 Å². The third kappa shape index (κ3) is 5.70. The summed E-state index contributed by atoms with van der Waals surface area (Å²) in [6.07, 6.45) is 2.11. The number of hydrogen-bond acceptors (Lipinski definition) is 3. The van der Waals surface area contributed by atoms with E-state index in [-0.39, 0.29) is 11.8 Å². The zero-order valence-electron chi connectivity index (χ0n) is 18.2. The molecule has 0 aromatic heterocycles. The van der Waals surface area contributed by atoms with Crippen LogP contribution in [0.2, 0.25) is 0 Å². The van der Waals surface area contributed by atoms with Crippen LogP contribution < -0.4 is 0 Å². The van der Waals surface area contributed by atoms with Gasteiger partial charge in [-0.3, -0.25) is 4.79 Å². The lowest BCUT2D eigenvalue weighted by Crippen LogP contribution is -2.48. The number of para-hydroxylation sites is 1. The molecule has 158 valence electrons. The zero-order chi connectivity index (χ0) is 22.1. The molecule has 0 aliphatic rings. The predicted molar refractivity (Wildman–Crippen MR) is 119 cm³/mol. The van der Waals surface area contributed by atoms with Gasteiger partial charge in [0.25, 0.3) is 0 Å². The maximum atomic E-state index is 12.9. The fourth-order valence-corrected chi connectivity index (χ4v) is 3.49. The molecule has 0 saturated carbocycles. The molecule has 0 aliphatic heterocycles. The lowest BCUT2D eigenvalue weighted by molar-refractivity contribution is -0.155. The Kier molecular flexibility index (Phi) is 8.61. The van der Waals surface area contributed by atoms with E-state index in [9.17, 15) is 9.59 Å². The molecule has 0 saturated heterocycles. The van der Waals surface area contributed by atoms with Gasteiger partial charge < -0.3 is 9.64 Å². The van der Waals surface area contributed by atoms with Crippen LogP contribution in [0.1, 0.15) is 45.6 Å². The summed E-state index contributed by atoms with van der Waals surface area (Å²) < 4.78 is 4.99. The molecule has 0 N–H and O–H groups in total. The molecule has 0 radical (unpaired) electrons. The zero-order valence-corrected chi connectivity index (χ0v) is 18.2. The smallest absolute Gasteiger partial charge is 0.328 e. The average molecular weight is 407 g/mol. The molecule has 0 aliphatic carbocycles. The topological polar surface area (TPSA) is 51.0 Å². The lowest BCUT2D eigenvalue weighted by atomic mass is 9.99. The standard InChI is InChI=1S/C25H30N2O3/c1-6-7-12-23(28)27(24(18(2)3)25(29)30-5)17-19-13-15-20(16-14-19)21-10-8-9-11-22(21)26-4/h8-11,13-16,18,24H,6-7,12,17H2,1-3,5H3/t24-/m0/s1. The van der Waals surface area contributed by atoms with Crippen molar-refractivity contribution in [3.8, 4) is 11.1 Å². The van der Waals surface area contributed by atoms with Crippen molar-refractivity contribution in [1.29, 1.82) is 0 Å². The number of ether oxygens (including phenoxy) is 1. The van der Waals surface area contributed by atoms with Gasteiger partial charge in [-0.1, -0.05) is 75.7 Å². The van der Waals surface area contributed by atoms with Crippen molar-refractivity contribution in [2.24, 2.45) is 5.92 Å². The van der Waals surface area contributed by atoms with E-state index in [2.05, 4.69) is 4.85 Å². The second kappa shape index (κ2) is 11.2. The van der Waals surface area contributed by atoms with Gasteiger partial charge in [-0.15, -0.1) is 0 Å². The van der Waals surface area contributed by atoms with Gasteiger partial charge >= 0.3 is 5.97 Å². The largest absolute Gasteiger partial charge is 0.467 e. The molecule has 0 bridgehead atoms. The predicted octanol–water partition coefficient (Wildman–Crippen LogP) is 5.62. The number of amides is 1. The van der Waals surface area contributed by atoms with Crippen molar-refractivity contribution in [3.05, 3.63) is 65.5 Å². The van der Waals surface area contributed by atoms with Gasteiger partial charge in [-0.05, 0) is 29.0 Å². The summed E-state index contributed by atoms with van der Waals surface area (Å²) in [5, 5.41) is 0. The number of methoxy groups -OCH3 is 1. The third-order valence-electron chi connectivity index (χ3n) is 5.12. The number of nitrogens with zero attached hydrogens (tertiary/aromatic N) is 2. The molecule has 30 heavy (non-hydrogen) atoms. The summed E-state index contributed by atoms with van der Waals surface area (Å²) in [5.41, 5.74) is 3.36. The fraction of sp³-hybridized carbons (Fsp3) is 0.400. The Hall–Kier alpha value is -3.13. The molecule has 2 aromatic carbocycles. The minimum absolute atomic E-state index is 0.0385. The molecule has 2 aromatic rings. The Morgan fingerprint density at radius 2 is 1.77 bits per heavy atom. The number of rotatable bonds is 9. The van der Waals surface area contributed by atoms with Crippen LogP contribution in [-0.2, 0) is 20.9 Å². The van der Waals surface area contributed by atoms with Gasteiger partial charge in [0, 0.05) is 13.0 Å². The lowest BCUT2D eigenvalue weighted by Gasteiger charge is -2.32. The van der Waals surface area contributed by atoms with Crippen LogP contribution in [0.15, 0.2) is 48.5 Å². The highest BCUT2D eigenvalue weighted by Crippen LogP contribution is 2.30. The number of hydrogen-bond donors (Lipinski definition) is 0. The van der Waals surface area contributed by atoms with Gasteiger partial charge in [-0.25, -0.2) is 9.64 Å². The van der Waals surface area contributed by atoms with E-state index >= 15 is 0 Å². The minimum atomic E-state index is -0.623. The molecule has 0 spiro atoms. The van der Waals surface area contributed by atoms with Gasteiger partial charge in [-0.2, -0.15) is 0 Å². The second-order valence-corrected chi connectivity index (χ2v) is 7.66. The number of esters is 1. The van der Waals surface area contributed by atoms with Crippen molar-refractivity contribution >= 4 is 17.6 Å². The van der Waals surface area contributed by atoms with Crippen molar-refractivity contribution in [3.63, 3.8) is 0 Å². The summed E-state index contributed by atoms with van der Waals surface area (Å²) >= 11 is 0. The summed E-state index contributed by atoms with van der Waals surface area (Å²) in [4.78, 5) is 30.6. The number of unbranched alkanes of at least 4 members (excludes halogenated alkanes) is 1. The van der Waals surface area contributed by atoms with Crippen molar-refractivity contribution < 1.29 is 14.3 Å². The molecule has 1 amide bonds. The molecular formula is C25H30N2O3. The van der Waals surface area contributed by atoms with Crippen LogP contribution in [0.4, 0.5) is 5.69 Å². The van der Waals surface area contributed by atoms with E-state index in [1.54, 1.807) is 11.0 Å². The quantitative estimate of drug-likeness (QED) is 0.401. The fourth-order valence-electron chi connectivity index (χ4n) is 3.49. The van der Waals surface area contributed by atoms with Crippen molar-refractivity contribution in [1.82, 2.24) is 4.90 Å². The van der Waals surface area contributed by atoms with Crippen LogP contribution in [0, 0.1) is 12.5 Å². The van der Waals surface area contributed by atoms with Crippen LogP contribution in [0.5, 0.6) is 0 Å². The molecule has 2 rings (SSSR count). The Morgan fingerprint density at radius 3 is 2.33 bits per heavy atom. The summed E-state index contributed by atoms with van der Waals surface area (Å²) in [6.45, 7) is 13.6. The van der Waals surface area contributed by atoms with E-state index in [0.717, 1.165) is 29.5 Å². The first kappa shape index (κ1) is 23.2. The van der Waals surface area contributed by atoms with E-state index < -0.39 is 12.0 Å². The van der Waals surface area contributed by atoms with Crippen LogP contribution in [-0.4, -0.2) is 29.9 Å². The maximum absolute atomic E-state index is 12.9. The molecular weight excluding hydrogens is 376 g/mol. The first-order chi connectivity index (χ1) is 14.4. The third-order valence-corrected chi connectivity index (χ3v) is 5.12.